The number of carbonyl (C=O) groups is 1. The van der Waals surface area contributed by atoms with Crippen LogP contribution in [0.15, 0.2) is 22.8 Å². The molecule has 164 valence electrons. The number of hydrogen-bond acceptors (Lipinski definition) is 7. The summed E-state index contributed by atoms with van der Waals surface area (Å²) in [5.41, 5.74) is 5.34. The fourth-order valence-electron chi connectivity index (χ4n) is 4.19. The number of furan rings is 1. The van der Waals surface area contributed by atoms with Gasteiger partial charge in [0.1, 0.15) is 0 Å². The number of nitrogens with zero attached hydrogens (tertiary/aromatic N) is 5. The Morgan fingerprint density at radius 2 is 1.97 bits per heavy atom. The van der Waals surface area contributed by atoms with Gasteiger partial charge >= 0.3 is 0 Å². The van der Waals surface area contributed by atoms with Crippen LogP contribution in [0.5, 0.6) is 0 Å². The standard InChI is InChI=1S/C20H30N6O3S/c21-18(27)5-8-25-19(17-2-1-11-29-17)22-26(20(25)30)15-24-6-3-16(4-7-24)14-23-9-12-28-13-10-23/h1-2,11,16H,3-10,12-15H2,(H2,21,27). The number of piperidine rings is 1. The zero-order valence-electron chi connectivity index (χ0n) is 17.2. The fourth-order valence-corrected chi connectivity index (χ4v) is 4.47. The molecule has 0 radical (unpaired) electrons. The van der Waals surface area contributed by atoms with Gasteiger partial charge in [0.2, 0.25) is 5.91 Å². The van der Waals surface area contributed by atoms with Gasteiger partial charge in [-0.1, -0.05) is 0 Å². The molecule has 2 aliphatic heterocycles. The number of aromatic nitrogens is 3. The van der Waals surface area contributed by atoms with Crippen molar-refractivity contribution >= 4 is 18.1 Å². The van der Waals surface area contributed by atoms with Crippen LogP contribution in [-0.4, -0.2) is 76.0 Å². The van der Waals surface area contributed by atoms with Gasteiger partial charge in [0.25, 0.3) is 0 Å². The first-order valence-electron chi connectivity index (χ1n) is 10.6. The van der Waals surface area contributed by atoms with Crippen LogP contribution in [-0.2, 0) is 22.7 Å². The molecule has 10 heteroatoms. The summed E-state index contributed by atoms with van der Waals surface area (Å²) in [4.78, 5) is 16.2. The number of primary amides is 1. The molecule has 1 amide bonds. The Kier molecular flexibility index (Phi) is 6.98. The molecule has 0 atom stereocenters. The number of ether oxygens (including phenoxy) is 1. The molecular formula is C20H30N6O3S. The average Bonchev–Trinajstić information content (AvgIpc) is 3.38. The Labute approximate surface area is 181 Å². The van der Waals surface area contributed by atoms with Crippen LogP contribution in [0, 0.1) is 10.7 Å². The first kappa shape index (κ1) is 21.2. The molecule has 2 saturated heterocycles. The van der Waals surface area contributed by atoms with Crippen molar-refractivity contribution in [2.75, 3.05) is 45.9 Å². The van der Waals surface area contributed by atoms with Crippen LogP contribution in [0.2, 0.25) is 0 Å². The number of likely N-dealkylation sites (tertiary alicyclic amines) is 1. The molecule has 4 heterocycles. The van der Waals surface area contributed by atoms with Crippen LogP contribution in [0.4, 0.5) is 0 Å². The molecule has 2 aromatic rings. The van der Waals surface area contributed by atoms with E-state index in [0.29, 0.717) is 29.6 Å². The summed E-state index contributed by atoms with van der Waals surface area (Å²) in [5, 5.41) is 4.70. The first-order valence-corrected chi connectivity index (χ1v) is 11.0. The summed E-state index contributed by atoms with van der Waals surface area (Å²) < 4.78 is 15.2. The van der Waals surface area contributed by atoms with E-state index >= 15 is 0 Å². The van der Waals surface area contributed by atoms with Crippen LogP contribution in [0.1, 0.15) is 19.3 Å². The summed E-state index contributed by atoms with van der Waals surface area (Å²) in [5.74, 6) is 1.64. The highest BCUT2D eigenvalue weighted by Gasteiger charge is 2.24. The van der Waals surface area contributed by atoms with Crippen LogP contribution in [0.25, 0.3) is 11.6 Å². The van der Waals surface area contributed by atoms with Crippen molar-refractivity contribution in [3.63, 3.8) is 0 Å². The Balaban J connectivity index is 1.39. The second-order valence-corrected chi connectivity index (χ2v) is 8.43. The van der Waals surface area contributed by atoms with E-state index in [9.17, 15) is 4.79 Å². The van der Waals surface area contributed by atoms with Gasteiger partial charge in [-0.25, -0.2) is 4.68 Å². The van der Waals surface area contributed by atoms with E-state index in [1.165, 1.54) is 19.4 Å². The first-order chi connectivity index (χ1) is 14.6. The largest absolute Gasteiger partial charge is 0.461 e. The molecule has 2 aliphatic rings. The van der Waals surface area contributed by atoms with E-state index in [0.717, 1.165) is 45.3 Å². The maximum Gasteiger partial charge on any atom is 0.219 e. The third-order valence-corrected chi connectivity index (χ3v) is 6.34. The van der Waals surface area contributed by atoms with E-state index in [4.69, 9.17) is 32.2 Å². The van der Waals surface area contributed by atoms with Crippen molar-refractivity contribution in [1.82, 2.24) is 24.1 Å². The zero-order valence-corrected chi connectivity index (χ0v) is 18.1. The normalized spacial score (nSPS) is 19.3. The topological polar surface area (TPSA) is 94.7 Å². The lowest BCUT2D eigenvalue weighted by Crippen LogP contribution is -2.43. The van der Waals surface area contributed by atoms with Crippen molar-refractivity contribution in [3.05, 3.63) is 23.2 Å². The van der Waals surface area contributed by atoms with Crippen molar-refractivity contribution in [2.24, 2.45) is 11.7 Å². The van der Waals surface area contributed by atoms with E-state index < -0.39 is 0 Å². The van der Waals surface area contributed by atoms with E-state index in [2.05, 4.69) is 9.80 Å². The molecule has 2 aromatic heterocycles. The number of rotatable bonds is 8. The van der Waals surface area contributed by atoms with Crippen molar-refractivity contribution in [3.8, 4) is 11.6 Å². The smallest absolute Gasteiger partial charge is 0.219 e. The van der Waals surface area contributed by atoms with Crippen LogP contribution < -0.4 is 5.73 Å². The molecule has 30 heavy (non-hydrogen) atoms. The van der Waals surface area contributed by atoms with Crippen LogP contribution in [0.3, 0.4) is 0 Å². The molecular weight excluding hydrogens is 404 g/mol. The molecule has 0 aliphatic carbocycles. The molecule has 0 aromatic carbocycles. The zero-order chi connectivity index (χ0) is 20.9. The number of morpholine rings is 1. The van der Waals surface area contributed by atoms with E-state index in [1.807, 2.05) is 21.4 Å². The number of amides is 1. The van der Waals surface area contributed by atoms with Gasteiger partial charge in [-0.2, -0.15) is 0 Å². The molecule has 2 N–H and O–H groups in total. The van der Waals surface area contributed by atoms with Gasteiger partial charge in [0.15, 0.2) is 16.4 Å². The quantitative estimate of drug-likeness (QED) is 0.630. The highest BCUT2D eigenvalue weighted by molar-refractivity contribution is 7.71. The lowest BCUT2D eigenvalue weighted by Gasteiger charge is -2.35. The van der Waals surface area contributed by atoms with Gasteiger partial charge in [-0.15, -0.1) is 5.10 Å². The maximum atomic E-state index is 11.3. The van der Waals surface area contributed by atoms with Crippen molar-refractivity contribution in [2.45, 2.75) is 32.5 Å². The van der Waals surface area contributed by atoms with Crippen molar-refractivity contribution < 1.29 is 13.9 Å². The Morgan fingerprint density at radius 3 is 2.63 bits per heavy atom. The maximum absolute atomic E-state index is 11.3. The second-order valence-electron chi connectivity index (χ2n) is 8.07. The monoisotopic (exact) mass is 434 g/mol. The Morgan fingerprint density at radius 1 is 1.20 bits per heavy atom. The second kappa shape index (κ2) is 9.86. The summed E-state index contributed by atoms with van der Waals surface area (Å²) >= 11 is 5.66. The summed E-state index contributed by atoms with van der Waals surface area (Å²) in [7, 11) is 0. The van der Waals surface area contributed by atoms with E-state index in [-0.39, 0.29) is 12.3 Å². The molecule has 0 spiro atoms. The Hall–Kier alpha value is -2.01. The van der Waals surface area contributed by atoms with Gasteiger partial charge in [-0.05, 0) is 43.1 Å². The fraction of sp³-hybridized carbons (Fsp3) is 0.650. The molecule has 0 bridgehead atoms. The lowest BCUT2D eigenvalue weighted by atomic mass is 9.96. The Bertz CT molecular complexity index is 879. The summed E-state index contributed by atoms with van der Waals surface area (Å²) in [6, 6.07) is 3.66. The highest BCUT2D eigenvalue weighted by Crippen LogP contribution is 2.22. The minimum absolute atomic E-state index is 0.209. The number of carbonyl (C=O) groups excluding carboxylic acids is 1. The van der Waals surface area contributed by atoms with Gasteiger partial charge < -0.3 is 14.9 Å². The SMILES string of the molecule is NC(=O)CCn1c(-c2ccco2)nn(CN2CCC(CN3CCOCC3)CC2)c1=S. The minimum atomic E-state index is -0.364. The summed E-state index contributed by atoms with van der Waals surface area (Å²) in [6.45, 7) is 8.07. The van der Waals surface area contributed by atoms with Gasteiger partial charge in [-0.3, -0.25) is 19.2 Å². The molecule has 9 nitrogen and oxygen atoms in total. The van der Waals surface area contributed by atoms with Crippen LogP contribution >= 0.6 is 12.2 Å². The molecule has 0 unspecified atom stereocenters. The minimum Gasteiger partial charge on any atom is -0.461 e. The highest BCUT2D eigenvalue weighted by atomic mass is 32.1. The number of nitrogens with two attached hydrogens (primary N) is 1. The van der Waals surface area contributed by atoms with E-state index in [1.54, 1.807) is 6.26 Å². The van der Waals surface area contributed by atoms with Gasteiger partial charge in [0.05, 0.1) is 26.1 Å². The predicted molar refractivity (Wildman–Crippen MR) is 114 cm³/mol. The summed E-state index contributed by atoms with van der Waals surface area (Å²) in [6.07, 6.45) is 4.17. The third kappa shape index (κ3) is 5.18. The van der Waals surface area contributed by atoms with Crippen molar-refractivity contribution in [1.29, 1.82) is 0 Å². The molecule has 4 rings (SSSR count). The number of hydrogen-bond donors (Lipinski definition) is 1. The van der Waals surface area contributed by atoms with Gasteiger partial charge in [0, 0.05) is 45.7 Å². The predicted octanol–water partition coefficient (Wildman–Crippen LogP) is 1.55. The molecule has 2 fully saturated rings. The molecule has 0 saturated carbocycles. The average molecular weight is 435 g/mol. The lowest BCUT2D eigenvalue weighted by molar-refractivity contribution is -0.118. The third-order valence-electron chi connectivity index (χ3n) is 5.91.